The maximum absolute atomic E-state index is 5.42. The van der Waals surface area contributed by atoms with Crippen LogP contribution < -0.4 is 0 Å². The Bertz CT molecular complexity index is 109. The Morgan fingerprint density at radius 3 is 1.76 bits per heavy atom. The Morgan fingerprint density at radius 1 is 0.647 bits per heavy atom. The lowest BCUT2D eigenvalue weighted by Crippen LogP contribution is -1.91. The van der Waals surface area contributed by atoms with Gasteiger partial charge in [0, 0.05) is 6.61 Å². The van der Waals surface area contributed by atoms with Gasteiger partial charge in [0.15, 0.2) is 0 Å². The van der Waals surface area contributed by atoms with Crippen molar-refractivity contribution in [2.45, 2.75) is 90.9 Å². The van der Waals surface area contributed by atoms with E-state index >= 15 is 0 Å². The van der Waals surface area contributed by atoms with Crippen molar-refractivity contribution >= 4 is 0 Å². The molecule has 1 nitrogen and oxygen atoms in total. The van der Waals surface area contributed by atoms with Crippen LogP contribution in [0.4, 0.5) is 0 Å². The molecule has 0 saturated carbocycles. The molecule has 0 unspecified atom stereocenters. The molecule has 0 atom stereocenters. The Hall–Kier alpha value is -0.0400. The predicted octanol–water partition coefficient (Wildman–Crippen LogP) is 5.89. The normalized spacial score (nSPS) is 10.9. The average Bonchev–Trinajstić information content (AvgIpc) is 2.35. The van der Waals surface area contributed by atoms with E-state index in [0.29, 0.717) is 0 Å². The maximum Gasteiger partial charge on any atom is 0.0836 e. The van der Waals surface area contributed by atoms with E-state index in [0.717, 1.165) is 13.0 Å². The van der Waals surface area contributed by atoms with Crippen LogP contribution in [0.15, 0.2) is 0 Å². The lowest BCUT2D eigenvalue weighted by Gasteiger charge is -2.03. The van der Waals surface area contributed by atoms with Gasteiger partial charge in [-0.15, -0.1) is 0 Å². The van der Waals surface area contributed by atoms with E-state index in [1.54, 1.807) is 0 Å². The van der Waals surface area contributed by atoms with E-state index in [1.807, 2.05) is 6.61 Å². The highest BCUT2D eigenvalue weighted by atomic mass is 16.5. The third kappa shape index (κ3) is 16.0. The Morgan fingerprint density at radius 2 is 1.18 bits per heavy atom. The fourth-order valence-electron chi connectivity index (χ4n) is 1.93. The first kappa shape index (κ1) is 17.0. The van der Waals surface area contributed by atoms with Gasteiger partial charge in [0.1, 0.15) is 0 Å². The average molecular weight is 241 g/mol. The van der Waals surface area contributed by atoms with E-state index in [9.17, 15) is 0 Å². The van der Waals surface area contributed by atoms with Crippen molar-refractivity contribution in [2.75, 3.05) is 6.61 Å². The highest BCUT2D eigenvalue weighted by Crippen LogP contribution is 2.11. The first-order valence-electron chi connectivity index (χ1n) is 7.85. The van der Waals surface area contributed by atoms with Gasteiger partial charge in [-0.2, -0.15) is 0 Å². The zero-order chi connectivity index (χ0) is 12.6. The molecule has 0 fully saturated rings. The van der Waals surface area contributed by atoms with Gasteiger partial charge >= 0.3 is 0 Å². The van der Waals surface area contributed by atoms with Gasteiger partial charge in [-0.1, -0.05) is 78.1 Å². The summed E-state index contributed by atoms with van der Waals surface area (Å²) in [5.74, 6) is 0. The first-order chi connectivity index (χ1) is 8.41. The first-order valence-corrected chi connectivity index (χ1v) is 7.85. The molecule has 0 bridgehead atoms. The van der Waals surface area contributed by atoms with Gasteiger partial charge in [-0.05, 0) is 12.8 Å². The summed E-state index contributed by atoms with van der Waals surface area (Å²) in [4.78, 5) is 0. The smallest absolute Gasteiger partial charge is 0.0836 e. The second-order valence-corrected chi connectivity index (χ2v) is 5.01. The Kier molecular flexibility index (Phi) is 15.9. The molecular weight excluding hydrogens is 208 g/mol. The van der Waals surface area contributed by atoms with Gasteiger partial charge in [-0.3, -0.25) is 0 Å². The summed E-state index contributed by atoms with van der Waals surface area (Å²) in [6, 6.07) is 0. The molecule has 0 aliphatic carbocycles. The molecule has 17 heavy (non-hydrogen) atoms. The number of ether oxygens (including phenoxy) is 1. The summed E-state index contributed by atoms with van der Waals surface area (Å²) in [7, 11) is 0. The maximum atomic E-state index is 5.42. The molecule has 0 aromatic heterocycles. The number of hydrogen-bond acceptors (Lipinski definition) is 1. The van der Waals surface area contributed by atoms with E-state index in [4.69, 9.17) is 4.74 Å². The van der Waals surface area contributed by atoms with Crippen LogP contribution in [0.25, 0.3) is 0 Å². The standard InChI is InChI=1S/C16H33O/c1-3-5-7-8-9-10-11-12-13-14-16-17-15-6-4-2/h16H,3-15H2,1-2H3. The topological polar surface area (TPSA) is 9.23 Å². The van der Waals surface area contributed by atoms with Crippen LogP contribution in [0.3, 0.4) is 0 Å². The quantitative estimate of drug-likeness (QED) is 0.345. The largest absolute Gasteiger partial charge is 0.376 e. The zero-order valence-corrected chi connectivity index (χ0v) is 12.2. The lowest BCUT2D eigenvalue weighted by atomic mass is 10.1. The SMILES string of the molecule is CCCCCCCCCCC[CH]OCCCC. The van der Waals surface area contributed by atoms with Crippen LogP contribution in [-0.4, -0.2) is 6.61 Å². The molecule has 0 N–H and O–H groups in total. The van der Waals surface area contributed by atoms with Gasteiger partial charge in [0.2, 0.25) is 0 Å². The van der Waals surface area contributed by atoms with E-state index in [1.165, 1.54) is 70.6 Å². The molecule has 103 valence electrons. The van der Waals surface area contributed by atoms with Crippen molar-refractivity contribution in [3.63, 3.8) is 0 Å². The van der Waals surface area contributed by atoms with Crippen molar-refractivity contribution in [3.8, 4) is 0 Å². The summed E-state index contributed by atoms with van der Waals surface area (Å²) in [6.45, 7) is 7.40. The monoisotopic (exact) mass is 241 g/mol. The molecule has 0 spiro atoms. The van der Waals surface area contributed by atoms with Crippen LogP contribution in [0.5, 0.6) is 0 Å². The van der Waals surface area contributed by atoms with E-state index in [2.05, 4.69) is 13.8 Å². The Labute approximate surface area is 109 Å². The molecular formula is C16H33O. The molecule has 0 saturated heterocycles. The molecule has 1 radical (unpaired) electrons. The number of rotatable bonds is 14. The third-order valence-corrected chi connectivity index (χ3v) is 3.16. The molecule has 0 aliphatic rings. The molecule has 0 rings (SSSR count). The summed E-state index contributed by atoms with van der Waals surface area (Å²) >= 11 is 0. The molecule has 1 heteroatoms. The van der Waals surface area contributed by atoms with Crippen molar-refractivity contribution in [3.05, 3.63) is 6.61 Å². The van der Waals surface area contributed by atoms with E-state index in [-0.39, 0.29) is 0 Å². The highest BCUT2D eigenvalue weighted by Gasteiger charge is 1.93. The summed E-state index contributed by atoms with van der Waals surface area (Å²) in [5, 5.41) is 0. The zero-order valence-electron chi connectivity index (χ0n) is 12.2. The minimum Gasteiger partial charge on any atom is -0.376 e. The van der Waals surface area contributed by atoms with Crippen molar-refractivity contribution in [1.82, 2.24) is 0 Å². The molecule has 0 aromatic carbocycles. The molecule has 0 amide bonds. The van der Waals surface area contributed by atoms with Crippen LogP contribution in [0, 0.1) is 6.61 Å². The fourth-order valence-corrected chi connectivity index (χ4v) is 1.93. The second-order valence-electron chi connectivity index (χ2n) is 5.01. The van der Waals surface area contributed by atoms with Crippen LogP contribution >= 0.6 is 0 Å². The fraction of sp³-hybridized carbons (Fsp3) is 0.938. The minimum absolute atomic E-state index is 0.911. The van der Waals surface area contributed by atoms with Gasteiger partial charge < -0.3 is 4.74 Å². The highest BCUT2D eigenvalue weighted by molar-refractivity contribution is 4.53. The second kappa shape index (κ2) is 16.0. The van der Waals surface area contributed by atoms with Crippen LogP contribution in [0.2, 0.25) is 0 Å². The minimum atomic E-state index is 0.911. The van der Waals surface area contributed by atoms with Gasteiger partial charge in [0.25, 0.3) is 0 Å². The molecule has 0 heterocycles. The van der Waals surface area contributed by atoms with Crippen molar-refractivity contribution in [2.24, 2.45) is 0 Å². The van der Waals surface area contributed by atoms with Crippen LogP contribution in [-0.2, 0) is 4.74 Å². The summed E-state index contributed by atoms with van der Waals surface area (Å²) in [6.07, 6.45) is 16.2. The lowest BCUT2D eigenvalue weighted by molar-refractivity contribution is 0.185. The van der Waals surface area contributed by atoms with Gasteiger partial charge in [0.05, 0.1) is 6.61 Å². The predicted molar refractivity (Wildman–Crippen MR) is 77.0 cm³/mol. The summed E-state index contributed by atoms with van der Waals surface area (Å²) in [5.41, 5.74) is 0. The summed E-state index contributed by atoms with van der Waals surface area (Å²) < 4.78 is 5.42. The molecule has 0 aliphatic heterocycles. The van der Waals surface area contributed by atoms with Crippen molar-refractivity contribution in [1.29, 1.82) is 0 Å². The third-order valence-electron chi connectivity index (χ3n) is 3.16. The number of unbranched alkanes of at least 4 members (excludes halogenated alkanes) is 10. The Balaban J connectivity index is 2.85. The van der Waals surface area contributed by atoms with E-state index < -0.39 is 0 Å². The molecule has 0 aromatic rings. The van der Waals surface area contributed by atoms with Crippen molar-refractivity contribution < 1.29 is 4.74 Å². The van der Waals surface area contributed by atoms with Gasteiger partial charge in [-0.25, -0.2) is 0 Å². The van der Waals surface area contributed by atoms with Crippen LogP contribution in [0.1, 0.15) is 90.9 Å². The number of hydrogen-bond donors (Lipinski definition) is 0.